The molecule has 1 aromatic rings. The molecule has 0 spiro atoms. The fourth-order valence-corrected chi connectivity index (χ4v) is 2.32. The van der Waals surface area contributed by atoms with Gasteiger partial charge in [-0.1, -0.05) is 64.1 Å². The zero-order valence-electron chi connectivity index (χ0n) is 14.8. The number of rotatable bonds is 7. The molecule has 0 unspecified atom stereocenters. The van der Waals surface area contributed by atoms with Crippen molar-refractivity contribution in [2.45, 2.75) is 52.2 Å². The van der Waals surface area contributed by atoms with Crippen molar-refractivity contribution in [2.75, 3.05) is 0 Å². The SMILES string of the molecule is C=C(CC)[C@H](C(=O)O)[C@@H](O)C(=O)NCc1ccc(C(C)(C)C)cc1. The van der Waals surface area contributed by atoms with E-state index in [9.17, 15) is 19.8 Å². The summed E-state index contributed by atoms with van der Waals surface area (Å²) in [6, 6.07) is 7.81. The maximum absolute atomic E-state index is 12.0. The van der Waals surface area contributed by atoms with Gasteiger partial charge in [-0.15, -0.1) is 0 Å². The molecule has 1 rings (SSSR count). The molecule has 0 aliphatic carbocycles. The molecule has 24 heavy (non-hydrogen) atoms. The van der Waals surface area contributed by atoms with Crippen LogP contribution in [0.1, 0.15) is 45.2 Å². The van der Waals surface area contributed by atoms with Gasteiger partial charge in [-0.2, -0.15) is 0 Å². The summed E-state index contributed by atoms with van der Waals surface area (Å²) in [4.78, 5) is 23.3. The van der Waals surface area contributed by atoms with Crippen LogP contribution in [0.3, 0.4) is 0 Å². The summed E-state index contributed by atoms with van der Waals surface area (Å²) in [5.74, 6) is -3.26. The molecule has 1 amide bonds. The minimum absolute atomic E-state index is 0.0488. The van der Waals surface area contributed by atoms with Crippen molar-refractivity contribution >= 4 is 11.9 Å². The first-order valence-corrected chi connectivity index (χ1v) is 8.03. The monoisotopic (exact) mass is 333 g/mol. The molecule has 5 heteroatoms. The third-order valence-corrected chi connectivity index (χ3v) is 4.03. The normalized spacial score (nSPS) is 13.9. The van der Waals surface area contributed by atoms with Crippen LogP contribution in [0.5, 0.6) is 0 Å². The van der Waals surface area contributed by atoms with Crippen LogP contribution < -0.4 is 5.32 Å². The van der Waals surface area contributed by atoms with Crippen molar-refractivity contribution in [2.24, 2.45) is 5.92 Å². The highest BCUT2D eigenvalue weighted by atomic mass is 16.4. The van der Waals surface area contributed by atoms with Gasteiger partial charge in [-0.05, 0) is 23.0 Å². The first kappa shape index (κ1) is 19.9. The fraction of sp³-hybridized carbons (Fsp3) is 0.474. The van der Waals surface area contributed by atoms with Gasteiger partial charge >= 0.3 is 5.97 Å². The van der Waals surface area contributed by atoms with E-state index in [1.807, 2.05) is 24.3 Å². The first-order chi connectivity index (χ1) is 11.1. The molecule has 3 N–H and O–H groups in total. The van der Waals surface area contributed by atoms with Crippen molar-refractivity contribution in [3.8, 4) is 0 Å². The van der Waals surface area contributed by atoms with Crippen LogP contribution in [0.4, 0.5) is 0 Å². The van der Waals surface area contributed by atoms with Crippen LogP contribution in [0.15, 0.2) is 36.4 Å². The number of aliphatic hydroxyl groups is 1. The van der Waals surface area contributed by atoms with E-state index in [0.717, 1.165) is 5.56 Å². The molecule has 0 aliphatic rings. The highest BCUT2D eigenvalue weighted by molar-refractivity contribution is 5.88. The van der Waals surface area contributed by atoms with Crippen LogP contribution >= 0.6 is 0 Å². The second kappa shape index (κ2) is 8.11. The van der Waals surface area contributed by atoms with Gasteiger partial charge in [0.15, 0.2) is 0 Å². The van der Waals surface area contributed by atoms with Crippen LogP contribution in [0.25, 0.3) is 0 Å². The maximum atomic E-state index is 12.0. The maximum Gasteiger partial charge on any atom is 0.313 e. The zero-order chi connectivity index (χ0) is 18.5. The molecule has 0 bridgehead atoms. The number of amides is 1. The van der Waals surface area contributed by atoms with Gasteiger partial charge in [0, 0.05) is 6.54 Å². The Bertz CT molecular complexity index is 599. The number of carbonyl (C=O) groups is 2. The largest absolute Gasteiger partial charge is 0.481 e. The highest BCUT2D eigenvalue weighted by Gasteiger charge is 2.33. The van der Waals surface area contributed by atoms with E-state index < -0.39 is 23.9 Å². The van der Waals surface area contributed by atoms with Crippen LogP contribution in [-0.4, -0.2) is 28.2 Å². The van der Waals surface area contributed by atoms with Gasteiger partial charge in [-0.3, -0.25) is 9.59 Å². The Labute approximate surface area is 143 Å². The zero-order valence-corrected chi connectivity index (χ0v) is 14.8. The van der Waals surface area contributed by atoms with E-state index in [1.165, 1.54) is 5.56 Å². The lowest BCUT2D eigenvalue weighted by Crippen LogP contribution is -2.42. The first-order valence-electron chi connectivity index (χ1n) is 8.03. The number of hydrogen-bond acceptors (Lipinski definition) is 3. The molecule has 0 heterocycles. The summed E-state index contributed by atoms with van der Waals surface area (Å²) in [6.45, 7) is 11.9. The molecule has 0 radical (unpaired) electrons. The van der Waals surface area contributed by atoms with Gasteiger partial charge in [0.05, 0.1) is 0 Å². The Balaban J connectivity index is 2.71. The summed E-state index contributed by atoms with van der Waals surface area (Å²) in [5.41, 5.74) is 2.43. The van der Waals surface area contributed by atoms with Crippen molar-refractivity contribution < 1.29 is 19.8 Å². The van der Waals surface area contributed by atoms with E-state index in [1.54, 1.807) is 6.92 Å². The number of aliphatic hydroxyl groups excluding tert-OH is 1. The van der Waals surface area contributed by atoms with E-state index >= 15 is 0 Å². The van der Waals surface area contributed by atoms with Gasteiger partial charge in [0.1, 0.15) is 12.0 Å². The second-order valence-electron chi connectivity index (χ2n) is 6.94. The number of carboxylic acids is 1. The lowest BCUT2D eigenvalue weighted by atomic mass is 9.87. The molecule has 0 fully saturated rings. The molecule has 2 atom stereocenters. The molecule has 0 aliphatic heterocycles. The van der Waals surface area contributed by atoms with Crippen LogP contribution in [0.2, 0.25) is 0 Å². The predicted octanol–water partition coefficient (Wildman–Crippen LogP) is 2.63. The van der Waals surface area contributed by atoms with Gasteiger partial charge in [0.2, 0.25) is 5.91 Å². The standard InChI is InChI=1S/C19H27NO4/c1-6-12(2)15(18(23)24)16(21)17(22)20-11-13-7-9-14(10-8-13)19(3,4)5/h7-10,15-16,21H,2,6,11H2,1,3-5H3,(H,20,22)(H,23,24)/t15-,16+/m0/s1. The summed E-state index contributed by atoms with van der Waals surface area (Å²) >= 11 is 0. The Morgan fingerprint density at radius 3 is 2.17 bits per heavy atom. The second-order valence-corrected chi connectivity index (χ2v) is 6.94. The number of hydrogen-bond donors (Lipinski definition) is 3. The molecular formula is C19H27NO4. The molecule has 132 valence electrons. The van der Waals surface area contributed by atoms with Crippen molar-refractivity contribution in [1.82, 2.24) is 5.32 Å². The molecule has 5 nitrogen and oxygen atoms in total. The summed E-state index contributed by atoms with van der Waals surface area (Å²) in [7, 11) is 0. The Morgan fingerprint density at radius 1 is 1.21 bits per heavy atom. The molecule has 0 aromatic heterocycles. The Morgan fingerprint density at radius 2 is 1.75 bits per heavy atom. The van der Waals surface area contributed by atoms with Crippen molar-refractivity contribution in [1.29, 1.82) is 0 Å². The topological polar surface area (TPSA) is 86.6 Å². The van der Waals surface area contributed by atoms with E-state index in [2.05, 4.69) is 32.7 Å². The average molecular weight is 333 g/mol. The third-order valence-electron chi connectivity index (χ3n) is 4.03. The minimum Gasteiger partial charge on any atom is -0.481 e. The molecule has 1 aromatic carbocycles. The number of nitrogens with one attached hydrogen (secondary N) is 1. The number of carbonyl (C=O) groups excluding carboxylic acids is 1. The van der Waals surface area contributed by atoms with E-state index in [-0.39, 0.29) is 12.0 Å². The van der Waals surface area contributed by atoms with Gasteiger partial charge in [-0.25, -0.2) is 0 Å². The van der Waals surface area contributed by atoms with E-state index in [0.29, 0.717) is 12.0 Å². The smallest absolute Gasteiger partial charge is 0.313 e. The van der Waals surface area contributed by atoms with Crippen LogP contribution in [-0.2, 0) is 21.5 Å². The minimum atomic E-state index is -1.65. The molecular weight excluding hydrogens is 306 g/mol. The Hall–Kier alpha value is -2.14. The highest BCUT2D eigenvalue weighted by Crippen LogP contribution is 2.22. The van der Waals surface area contributed by atoms with Gasteiger partial charge < -0.3 is 15.5 Å². The predicted molar refractivity (Wildman–Crippen MR) is 93.6 cm³/mol. The number of benzene rings is 1. The molecule has 0 saturated heterocycles. The average Bonchev–Trinajstić information content (AvgIpc) is 2.51. The summed E-state index contributed by atoms with van der Waals surface area (Å²) in [6.07, 6.45) is -1.26. The number of carboxylic acid groups (broad SMARTS) is 1. The molecule has 0 saturated carbocycles. The van der Waals surface area contributed by atoms with Gasteiger partial charge in [0.25, 0.3) is 0 Å². The summed E-state index contributed by atoms with van der Waals surface area (Å²) in [5, 5.41) is 21.8. The lowest BCUT2D eigenvalue weighted by molar-refractivity contribution is -0.149. The van der Waals surface area contributed by atoms with E-state index in [4.69, 9.17) is 0 Å². The third kappa shape index (κ3) is 5.20. The van der Waals surface area contributed by atoms with Crippen LogP contribution in [0, 0.1) is 5.92 Å². The Kier molecular flexibility index (Phi) is 6.72. The lowest BCUT2D eigenvalue weighted by Gasteiger charge is -2.21. The summed E-state index contributed by atoms with van der Waals surface area (Å²) < 4.78 is 0. The number of aliphatic carboxylic acids is 1. The quantitative estimate of drug-likeness (QED) is 0.670. The van der Waals surface area contributed by atoms with Crippen molar-refractivity contribution in [3.63, 3.8) is 0 Å². The van der Waals surface area contributed by atoms with Crippen molar-refractivity contribution in [3.05, 3.63) is 47.5 Å². The fourth-order valence-electron chi connectivity index (χ4n) is 2.32.